The number of nitrogens with zero attached hydrogens (tertiary/aromatic N) is 3. The Balaban J connectivity index is 2.83. The molecule has 0 radical (unpaired) electrons. The fraction of sp³-hybridized carbons (Fsp3) is 0.222. The molecule has 0 aromatic carbocycles. The van der Waals surface area contributed by atoms with Crippen LogP contribution in [0.5, 0.6) is 0 Å². The van der Waals surface area contributed by atoms with Crippen LogP contribution in [0.1, 0.15) is 11.3 Å². The van der Waals surface area contributed by atoms with Crippen molar-refractivity contribution in [3.63, 3.8) is 0 Å². The molecule has 0 saturated heterocycles. The van der Waals surface area contributed by atoms with Crippen molar-refractivity contribution < 1.29 is 13.2 Å². The molecule has 0 N–H and O–H groups in total. The molecule has 90 valence electrons. The summed E-state index contributed by atoms with van der Waals surface area (Å²) in [4.78, 5) is 10.8. The van der Waals surface area contributed by atoms with E-state index in [1.165, 1.54) is 6.92 Å². The van der Waals surface area contributed by atoms with Gasteiger partial charge in [-0.05, 0) is 30.2 Å². The van der Waals surface area contributed by atoms with Gasteiger partial charge >= 0.3 is 6.18 Å². The number of fused-ring (bicyclic) bond motifs is 1. The zero-order valence-electron chi connectivity index (χ0n) is 8.31. The summed E-state index contributed by atoms with van der Waals surface area (Å²) in [6, 6.07) is 0.891. The third kappa shape index (κ3) is 2.28. The highest BCUT2D eigenvalue weighted by Crippen LogP contribution is 2.32. The lowest BCUT2D eigenvalue weighted by atomic mass is 10.2. The monoisotopic (exact) mass is 281 g/mol. The average Bonchev–Trinajstić information content (AvgIpc) is 2.17. The van der Waals surface area contributed by atoms with Crippen LogP contribution in [0.25, 0.3) is 11.0 Å². The molecule has 2 heterocycles. The van der Waals surface area contributed by atoms with Gasteiger partial charge in [-0.3, -0.25) is 0 Å². The van der Waals surface area contributed by atoms with E-state index in [0.717, 1.165) is 6.07 Å². The van der Waals surface area contributed by atoms with Crippen molar-refractivity contribution in [2.45, 2.75) is 13.1 Å². The third-order valence-electron chi connectivity index (χ3n) is 2.06. The second kappa shape index (κ2) is 3.96. The van der Waals surface area contributed by atoms with Gasteiger partial charge in [0.1, 0.15) is 11.2 Å². The fourth-order valence-corrected chi connectivity index (χ4v) is 1.77. The normalized spacial score (nSPS) is 12.1. The van der Waals surface area contributed by atoms with E-state index in [1.807, 2.05) is 0 Å². The Morgan fingerprint density at radius 1 is 1.06 bits per heavy atom. The van der Waals surface area contributed by atoms with Crippen molar-refractivity contribution >= 4 is 34.2 Å². The molecule has 0 unspecified atom stereocenters. The molecule has 2 aromatic rings. The van der Waals surface area contributed by atoms with Crippen LogP contribution in [0, 0.1) is 6.92 Å². The second-order valence-corrected chi connectivity index (χ2v) is 4.00. The summed E-state index contributed by atoms with van der Waals surface area (Å²) in [7, 11) is 0. The highest BCUT2D eigenvalue weighted by Gasteiger charge is 2.33. The third-order valence-corrected chi connectivity index (χ3v) is 2.50. The van der Waals surface area contributed by atoms with E-state index in [-0.39, 0.29) is 27.0 Å². The van der Waals surface area contributed by atoms with Crippen LogP contribution in [0.2, 0.25) is 10.4 Å². The van der Waals surface area contributed by atoms with E-state index in [4.69, 9.17) is 23.2 Å². The van der Waals surface area contributed by atoms with Crippen molar-refractivity contribution in [3.05, 3.63) is 27.8 Å². The largest absolute Gasteiger partial charge is 0.433 e. The summed E-state index contributed by atoms with van der Waals surface area (Å²) in [5.41, 5.74) is -0.643. The molecular formula is C9H4Cl2F3N3. The number of hydrogen-bond donors (Lipinski definition) is 0. The Labute approximate surface area is 104 Å². The quantitative estimate of drug-likeness (QED) is 0.546. The summed E-state index contributed by atoms with van der Waals surface area (Å²) in [5.74, 6) is 0. The molecule has 17 heavy (non-hydrogen) atoms. The maximum atomic E-state index is 12.5. The van der Waals surface area contributed by atoms with Crippen LogP contribution >= 0.6 is 23.2 Å². The predicted octanol–water partition coefficient (Wildman–Crippen LogP) is 3.66. The van der Waals surface area contributed by atoms with Crippen molar-refractivity contribution in [1.29, 1.82) is 0 Å². The minimum Gasteiger partial charge on any atom is -0.238 e. The number of hydrogen-bond acceptors (Lipinski definition) is 3. The van der Waals surface area contributed by atoms with Crippen LogP contribution < -0.4 is 0 Å². The summed E-state index contributed by atoms with van der Waals surface area (Å²) >= 11 is 11.3. The minimum atomic E-state index is -4.54. The first kappa shape index (κ1) is 12.3. The highest BCUT2D eigenvalue weighted by molar-refractivity contribution is 6.35. The van der Waals surface area contributed by atoms with Crippen LogP contribution in [0.15, 0.2) is 6.07 Å². The Bertz CT molecular complexity index is 598. The molecule has 3 nitrogen and oxygen atoms in total. The van der Waals surface area contributed by atoms with Crippen LogP contribution in [0.3, 0.4) is 0 Å². The van der Waals surface area contributed by atoms with E-state index in [9.17, 15) is 13.2 Å². The zero-order valence-corrected chi connectivity index (χ0v) is 9.82. The standard InChI is InChI=1S/C9H4Cl2F3N3/c1-3-2-4(9(12,13)14)15-6-5(3)16-8(11)17-7(6)10/h2H,1H3. The lowest BCUT2D eigenvalue weighted by molar-refractivity contribution is -0.141. The van der Waals surface area contributed by atoms with Crippen molar-refractivity contribution in [1.82, 2.24) is 15.0 Å². The number of rotatable bonds is 0. The van der Waals surface area contributed by atoms with Crippen molar-refractivity contribution in [2.24, 2.45) is 0 Å². The Morgan fingerprint density at radius 2 is 1.71 bits per heavy atom. The number of aryl methyl sites for hydroxylation is 1. The van der Waals surface area contributed by atoms with Gasteiger partial charge in [-0.1, -0.05) is 11.6 Å². The van der Waals surface area contributed by atoms with Gasteiger partial charge in [0, 0.05) is 0 Å². The van der Waals surface area contributed by atoms with E-state index in [1.54, 1.807) is 0 Å². The summed E-state index contributed by atoms with van der Waals surface area (Å²) in [5, 5.41) is -0.332. The molecule has 0 aliphatic heterocycles. The number of alkyl halides is 3. The average molecular weight is 282 g/mol. The lowest BCUT2D eigenvalue weighted by Gasteiger charge is -2.09. The molecule has 8 heteroatoms. The van der Waals surface area contributed by atoms with Gasteiger partial charge in [0.15, 0.2) is 5.15 Å². The fourth-order valence-electron chi connectivity index (χ4n) is 1.35. The van der Waals surface area contributed by atoms with Gasteiger partial charge in [-0.15, -0.1) is 0 Å². The van der Waals surface area contributed by atoms with Gasteiger partial charge in [0.25, 0.3) is 0 Å². The molecule has 0 aliphatic rings. The topological polar surface area (TPSA) is 38.7 Å². The lowest BCUT2D eigenvalue weighted by Crippen LogP contribution is -2.09. The number of aromatic nitrogens is 3. The molecule has 0 spiro atoms. The van der Waals surface area contributed by atoms with Crippen LogP contribution in [-0.2, 0) is 6.18 Å². The highest BCUT2D eigenvalue weighted by atomic mass is 35.5. The maximum Gasteiger partial charge on any atom is 0.433 e. The van der Waals surface area contributed by atoms with Gasteiger partial charge in [0.2, 0.25) is 5.28 Å². The van der Waals surface area contributed by atoms with Gasteiger partial charge in [-0.25, -0.2) is 15.0 Å². The molecule has 0 aliphatic carbocycles. The molecule has 0 atom stereocenters. The Hall–Kier alpha value is -1.14. The van der Waals surface area contributed by atoms with Gasteiger partial charge < -0.3 is 0 Å². The van der Waals surface area contributed by atoms with E-state index >= 15 is 0 Å². The molecule has 0 amide bonds. The summed E-state index contributed by atoms with van der Waals surface area (Å²) in [6.45, 7) is 1.47. The smallest absolute Gasteiger partial charge is 0.238 e. The molecule has 0 saturated carbocycles. The van der Waals surface area contributed by atoms with Gasteiger partial charge in [-0.2, -0.15) is 13.2 Å². The first-order valence-corrected chi connectivity index (χ1v) is 5.12. The van der Waals surface area contributed by atoms with Crippen molar-refractivity contribution in [3.8, 4) is 0 Å². The Morgan fingerprint density at radius 3 is 2.29 bits per heavy atom. The zero-order chi connectivity index (χ0) is 12.8. The number of halogens is 5. The van der Waals surface area contributed by atoms with Crippen LogP contribution in [0.4, 0.5) is 13.2 Å². The molecule has 0 bridgehead atoms. The first-order chi connectivity index (χ1) is 7.79. The molecule has 0 fully saturated rings. The SMILES string of the molecule is Cc1cc(C(F)(F)F)nc2c(Cl)nc(Cl)nc12. The van der Waals surface area contributed by atoms with Crippen molar-refractivity contribution in [2.75, 3.05) is 0 Å². The van der Waals surface area contributed by atoms with Gasteiger partial charge in [0.05, 0.1) is 5.52 Å². The molecule has 2 rings (SSSR count). The summed E-state index contributed by atoms with van der Waals surface area (Å²) < 4.78 is 37.6. The molecule has 2 aromatic heterocycles. The minimum absolute atomic E-state index is 0.108. The van der Waals surface area contributed by atoms with E-state index in [2.05, 4.69) is 15.0 Å². The maximum absolute atomic E-state index is 12.5. The number of pyridine rings is 1. The predicted molar refractivity (Wildman–Crippen MR) is 57.1 cm³/mol. The second-order valence-electron chi connectivity index (χ2n) is 3.30. The first-order valence-electron chi connectivity index (χ1n) is 4.36. The Kier molecular flexibility index (Phi) is 2.87. The summed E-state index contributed by atoms with van der Waals surface area (Å²) in [6.07, 6.45) is -4.54. The molecular weight excluding hydrogens is 278 g/mol. The van der Waals surface area contributed by atoms with Crippen LogP contribution in [-0.4, -0.2) is 15.0 Å². The van der Waals surface area contributed by atoms with E-state index in [0.29, 0.717) is 0 Å². The van der Waals surface area contributed by atoms with E-state index < -0.39 is 11.9 Å².